The number of hydrogen-bond donors (Lipinski definition) is 1. The van der Waals surface area contributed by atoms with Crippen molar-refractivity contribution in [2.45, 2.75) is 6.92 Å². The summed E-state index contributed by atoms with van der Waals surface area (Å²) in [5.74, 6) is 0.709. The lowest BCUT2D eigenvalue weighted by molar-refractivity contribution is -0.118. The number of carbonyl (C=O) groups excluding carboxylic acids is 1. The van der Waals surface area contributed by atoms with E-state index in [-0.39, 0.29) is 12.5 Å². The molecule has 2 aromatic heterocycles. The van der Waals surface area contributed by atoms with E-state index in [1.807, 2.05) is 11.8 Å². The highest BCUT2D eigenvalue weighted by molar-refractivity contribution is 7.13. The van der Waals surface area contributed by atoms with E-state index in [0.717, 1.165) is 18.8 Å². The van der Waals surface area contributed by atoms with Gasteiger partial charge in [-0.2, -0.15) is 4.98 Å². The molecule has 0 saturated carbocycles. The number of aryl methyl sites for hydroxylation is 1. The molecule has 3 rings (SSSR count). The van der Waals surface area contributed by atoms with Crippen molar-refractivity contribution in [2.75, 3.05) is 43.1 Å². The summed E-state index contributed by atoms with van der Waals surface area (Å²) in [6, 6.07) is 1.71. The summed E-state index contributed by atoms with van der Waals surface area (Å²) in [5.41, 5.74) is 0.789. The standard InChI is InChI=1S/C14H17N5O3S/c1-10-8-12(18-13(16-10)19-3-5-21-6-4-19)22-9-11(20)17-14-15-2-7-23-14/h2,7-8H,3-6,9H2,1H3,(H,15,17,20). The molecule has 1 fully saturated rings. The van der Waals surface area contributed by atoms with E-state index in [1.165, 1.54) is 11.3 Å². The Hall–Kier alpha value is -2.26. The number of morpholine rings is 1. The first-order valence-corrected chi connectivity index (χ1v) is 8.09. The Kier molecular flexibility index (Phi) is 4.99. The Morgan fingerprint density at radius 2 is 2.26 bits per heavy atom. The minimum atomic E-state index is -0.274. The zero-order valence-electron chi connectivity index (χ0n) is 12.7. The monoisotopic (exact) mass is 335 g/mol. The smallest absolute Gasteiger partial charge is 0.264 e. The lowest BCUT2D eigenvalue weighted by Gasteiger charge is -2.27. The molecule has 9 heteroatoms. The van der Waals surface area contributed by atoms with Crippen LogP contribution in [-0.2, 0) is 9.53 Å². The molecule has 1 aliphatic heterocycles. The number of anilines is 2. The van der Waals surface area contributed by atoms with Crippen molar-refractivity contribution in [3.63, 3.8) is 0 Å². The van der Waals surface area contributed by atoms with Crippen molar-refractivity contribution in [2.24, 2.45) is 0 Å². The lowest BCUT2D eigenvalue weighted by Crippen LogP contribution is -2.37. The maximum atomic E-state index is 11.8. The van der Waals surface area contributed by atoms with Gasteiger partial charge in [0.2, 0.25) is 11.8 Å². The zero-order chi connectivity index (χ0) is 16.1. The molecule has 0 atom stereocenters. The summed E-state index contributed by atoms with van der Waals surface area (Å²) < 4.78 is 10.8. The fourth-order valence-corrected chi connectivity index (χ4v) is 2.63. The number of aromatic nitrogens is 3. The quantitative estimate of drug-likeness (QED) is 0.875. The highest BCUT2D eigenvalue weighted by atomic mass is 32.1. The molecule has 1 saturated heterocycles. The van der Waals surface area contributed by atoms with Gasteiger partial charge in [0.15, 0.2) is 11.7 Å². The van der Waals surface area contributed by atoms with Gasteiger partial charge in [0, 0.05) is 36.4 Å². The molecule has 1 aliphatic rings. The van der Waals surface area contributed by atoms with Gasteiger partial charge in [0.25, 0.3) is 5.91 Å². The van der Waals surface area contributed by atoms with Gasteiger partial charge in [-0.25, -0.2) is 9.97 Å². The Morgan fingerprint density at radius 1 is 1.43 bits per heavy atom. The van der Waals surface area contributed by atoms with Crippen LogP contribution in [0, 0.1) is 6.92 Å². The lowest BCUT2D eigenvalue weighted by atomic mass is 10.4. The van der Waals surface area contributed by atoms with Gasteiger partial charge in [-0.05, 0) is 6.92 Å². The van der Waals surface area contributed by atoms with Crippen LogP contribution in [-0.4, -0.2) is 53.8 Å². The third-order valence-corrected chi connectivity index (χ3v) is 3.83. The van der Waals surface area contributed by atoms with Crippen molar-refractivity contribution in [3.8, 4) is 5.88 Å². The summed E-state index contributed by atoms with van der Waals surface area (Å²) in [6.07, 6.45) is 1.63. The summed E-state index contributed by atoms with van der Waals surface area (Å²) in [6.45, 7) is 4.54. The highest BCUT2D eigenvalue weighted by Crippen LogP contribution is 2.17. The average molecular weight is 335 g/mol. The van der Waals surface area contributed by atoms with Gasteiger partial charge in [-0.3, -0.25) is 10.1 Å². The number of thiazole rings is 1. The SMILES string of the molecule is Cc1cc(OCC(=O)Nc2nccs2)nc(N2CCOCC2)n1. The van der Waals surface area contributed by atoms with Crippen LogP contribution < -0.4 is 15.0 Å². The van der Waals surface area contributed by atoms with Crippen LogP contribution in [0.25, 0.3) is 0 Å². The minimum absolute atomic E-state index is 0.126. The van der Waals surface area contributed by atoms with E-state index in [4.69, 9.17) is 9.47 Å². The van der Waals surface area contributed by atoms with Crippen molar-refractivity contribution in [1.82, 2.24) is 15.0 Å². The number of ether oxygens (including phenoxy) is 2. The molecule has 8 nitrogen and oxygen atoms in total. The van der Waals surface area contributed by atoms with E-state index in [1.54, 1.807) is 17.6 Å². The van der Waals surface area contributed by atoms with Gasteiger partial charge in [0.1, 0.15) is 0 Å². The van der Waals surface area contributed by atoms with E-state index in [2.05, 4.69) is 20.3 Å². The van der Waals surface area contributed by atoms with Gasteiger partial charge in [-0.15, -0.1) is 11.3 Å². The molecule has 23 heavy (non-hydrogen) atoms. The molecule has 1 amide bonds. The predicted octanol–water partition coefficient (Wildman–Crippen LogP) is 1.10. The predicted molar refractivity (Wildman–Crippen MR) is 86.0 cm³/mol. The van der Waals surface area contributed by atoms with Crippen LogP contribution in [0.2, 0.25) is 0 Å². The summed E-state index contributed by atoms with van der Waals surface area (Å²) in [7, 11) is 0. The third kappa shape index (κ3) is 4.36. The van der Waals surface area contributed by atoms with E-state index < -0.39 is 0 Å². The number of amides is 1. The summed E-state index contributed by atoms with van der Waals surface area (Å²) >= 11 is 1.35. The normalized spacial score (nSPS) is 14.6. The topological polar surface area (TPSA) is 89.5 Å². The summed E-state index contributed by atoms with van der Waals surface area (Å²) in [5, 5.41) is 5.00. The molecule has 0 bridgehead atoms. The zero-order valence-corrected chi connectivity index (χ0v) is 13.5. The molecule has 0 aromatic carbocycles. The fourth-order valence-electron chi connectivity index (χ4n) is 2.08. The van der Waals surface area contributed by atoms with E-state index in [9.17, 15) is 4.79 Å². The van der Waals surface area contributed by atoms with Crippen molar-refractivity contribution >= 4 is 28.3 Å². The first-order chi connectivity index (χ1) is 11.2. The minimum Gasteiger partial charge on any atom is -0.467 e. The molecule has 0 aliphatic carbocycles. The third-order valence-electron chi connectivity index (χ3n) is 3.14. The Labute approximate surface area is 137 Å². The molecule has 0 radical (unpaired) electrons. The number of hydrogen-bond acceptors (Lipinski definition) is 8. The molecule has 3 heterocycles. The average Bonchev–Trinajstić information content (AvgIpc) is 3.06. The molecular weight excluding hydrogens is 318 g/mol. The number of rotatable bonds is 5. The Balaban J connectivity index is 1.60. The second-order valence-corrected chi connectivity index (χ2v) is 5.82. The highest BCUT2D eigenvalue weighted by Gasteiger charge is 2.16. The number of nitrogens with zero attached hydrogens (tertiary/aromatic N) is 4. The molecule has 0 spiro atoms. The molecule has 0 unspecified atom stereocenters. The molecule has 122 valence electrons. The van der Waals surface area contributed by atoms with Crippen molar-refractivity contribution < 1.29 is 14.3 Å². The molecular formula is C14H17N5O3S. The van der Waals surface area contributed by atoms with Crippen LogP contribution in [0.15, 0.2) is 17.6 Å². The summed E-state index contributed by atoms with van der Waals surface area (Å²) in [4.78, 5) is 26.6. The van der Waals surface area contributed by atoms with Crippen LogP contribution in [0.5, 0.6) is 5.88 Å². The van der Waals surface area contributed by atoms with Gasteiger partial charge in [-0.1, -0.05) is 0 Å². The first kappa shape index (κ1) is 15.6. The second kappa shape index (κ2) is 7.34. The maximum absolute atomic E-state index is 11.8. The van der Waals surface area contributed by atoms with E-state index >= 15 is 0 Å². The van der Waals surface area contributed by atoms with Gasteiger partial charge >= 0.3 is 0 Å². The fraction of sp³-hybridized carbons (Fsp3) is 0.429. The Bertz CT molecular complexity index is 658. The second-order valence-electron chi connectivity index (χ2n) is 4.92. The number of nitrogens with one attached hydrogen (secondary N) is 1. The van der Waals surface area contributed by atoms with Crippen molar-refractivity contribution in [3.05, 3.63) is 23.3 Å². The van der Waals surface area contributed by atoms with Gasteiger partial charge < -0.3 is 14.4 Å². The van der Waals surface area contributed by atoms with Crippen LogP contribution in [0.4, 0.5) is 11.1 Å². The molecule has 1 N–H and O–H groups in total. The van der Waals surface area contributed by atoms with Crippen LogP contribution >= 0.6 is 11.3 Å². The van der Waals surface area contributed by atoms with Crippen molar-refractivity contribution in [1.29, 1.82) is 0 Å². The maximum Gasteiger partial charge on any atom is 0.264 e. The van der Waals surface area contributed by atoms with E-state index in [0.29, 0.717) is 30.2 Å². The first-order valence-electron chi connectivity index (χ1n) is 7.21. The molecule has 2 aromatic rings. The number of carbonyl (C=O) groups is 1. The van der Waals surface area contributed by atoms with Gasteiger partial charge in [0.05, 0.1) is 13.2 Å². The Morgan fingerprint density at radius 3 is 3.00 bits per heavy atom. The largest absolute Gasteiger partial charge is 0.467 e. The van der Waals surface area contributed by atoms with Crippen LogP contribution in [0.1, 0.15) is 5.69 Å². The van der Waals surface area contributed by atoms with Crippen LogP contribution in [0.3, 0.4) is 0 Å².